The fourth-order valence-corrected chi connectivity index (χ4v) is 1.83. The number of esters is 1. The van der Waals surface area contributed by atoms with E-state index in [1.807, 2.05) is 12.1 Å². The fourth-order valence-electron chi connectivity index (χ4n) is 1.20. The van der Waals surface area contributed by atoms with Crippen LogP contribution >= 0.6 is 22.6 Å². The lowest BCUT2D eigenvalue weighted by Gasteiger charge is -2.19. The van der Waals surface area contributed by atoms with Gasteiger partial charge in [0.2, 0.25) is 0 Å². The maximum atomic E-state index is 10.8. The quantitative estimate of drug-likeness (QED) is 0.450. The summed E-state index contributed by atoms with van der Waals surface area (Å²) in [6.07, 6.45) is 0. The molecule has 0 radical (unpaired) electrons. The van der Waals surface area contributed by atoms with Gasteiger partial charge in [0, 0.05) is 6.92 Å². The van der Waals surface area contributed by atoms with E-state index in [-0.39, 0.29) is 11.4 Å². The molecule has 1 rings (SSSR count). The van der Waals surface area contributed by atoms with Gasteiger partial charge < -0.3 is 4.74 Å². The predicted octanol–water partition coefficient (Wildman–Crippen LogP) is 3.51. The van der Waals surface area contributed by atoms with Gasteiger partial charge >= 0.3 is 5.97 Å². The van der Waals surface area contributed by atoms with Crippen LogP contribution in [0.4, 0.5) is 0 Å². The average Bonchev–Trinajstić information content (AvgIpc) is 2.05. The normalized spacial score (nSPS) is 11.3. The van der Waals surface area contributed by atoms with E-state index < -0.39 is 0 Å². The molecule has 1 aromatic rings. The number of rotatable bonds is 1. The summed E-state index contributed by atoms with van der Waals surface area (Å²) >= 11 is 2.18. The van der Waals surface area contributed by atoms with Crippen LogP contribution in [0.25, 0.3) is 0 Å². The van der Waals surface area contributed by atoms with Crippen molar-refractivity contribution in [3.8, 4) is 5.75 Å². The highest BCUT2D eigenvalue weighted by molar-refractivity contribution is 14.1. The number of carbonyl (C=O) groups excluding carboxylic acids is 1. The SMILES string of the molecule is CC(=O)Oc1ccc(C(C)(C)C)cc1I. The third-order valence-electron chi connectivity index (χ3n) is 2.05. The lowest BCUT2D eigenvalue weighted by Crippen LogP contribution is -2.11. The Bertz CT molecular complexity index is 378. The van der Waals surface area contributed by atoms with E-state index >= 15 is 0 Å². The largest absolute Gasteiger partial charge is 0.426 e. The summed E-state index contributed by atoms with van der Waals surface area (Å²) in [5.41, 5.74) is 1.36. The van der Waals surface area contributed by atoms with Gasteiger partial charge in [-0.15, -0.1) is 0 Å². The van der Waals surface area contributed by atoms with Crippen molar-refractivity contribution in [3.05, 3.63) is 27.3 Å². The van der Waals surface area contributed by atoms with Crippen LogP contribution in [-0.4, -0.2) is 5.97 Å². The molecule has 0 unspecified atom stereocenters. The van der Waals surface area contributed by atoms with Crippen molar-refractivity contribution >= 4 is 28.6 Å². The standard InChI is InChI=1S/C12H15IO2/c1-8(14)15-11-6-5-9(7-10(11)13)12(2,3)4/h5-7H,1-4H3. The lowest BCUT2D eigenvalue weighted by molar-refractivity contribution is -0.131. The van der Waals surface area contributed by atoms with E-state index in [2.05, 4.69) is 49.4 Å². The Hall–Kier alpha value is -0.580. The van der Waals surface area contributed by atoms with Crippen molar-refractivity contribution in [3.63, 3.8) is 0 Å². The molecule has 1 aromatic carbocycles. The second-order valence-corrected chi connectivity index (χ2v) is 5.65. The molecule has 0 atom stereocenters. The summed E-state index contributed by atoms with van der Waals surface area (Å²) in [6.45, 7) is 7.88. The molecule has 0 heterocycles. The Morgan fingerprint density at radius 3 is 2.33 bits per heavy atom. The van der Waals surface area contributed by atoms with E-state index in [1.165, 1.54) is 12.5 Å². The zero-order chi connectivity index (χ0) is 11.6. The predicted molar refractivity (Wildman–Crippen MR) is 69.2 cm³/mol. The van der Waals surface area contributed by atoms with Crippen molar-refractivity contribution in [2.75, 3.05) is 0 Å². The first-order valence-electron chi connectivity index (χ1n) is 4.79. The Balaban J connectivity index is 3.03. The highest BCUT2D eigenvalue weighted by atomic mass is 127. The Morgan fingerprint density at radius 1 is 1.33 bits per heavy atom. The van der Waals surface area contributed by atoms with Gasteiger partial charge in [-0.2, -0.15) is 0 Å². The monoisotopic (exact) mass is 318 g/mol. The van der Waals surface area contributed by atoms with Gasteiger partial charge in [0.15, 0.2) is 0 Å². The molecule has 0 fully saturated rings. The van der Waals surface area contributed by atoms with Gasteiger partial charge in [-0.25, -0.2) is 0 Å². The molecular weight excluding hydrogens is 303 g/mol. The third-order valence-corrected chi connectivity index (χ3v) is 2.89. The van der Waals surface area contributed by atoms with Gasteiger partial charge in [0.25, 0.3) is 0 Å². The van der Waals surface area contributed by atoms with E-state index in [4.69, 9.17) is 4.74 Å². The van der Waals surface area contributed by atoms with Gasteiger partial charge in [-0.1, -0.05) is 26.8 Å². The van der Waals surface area contributed by atoms with Gasteiger partial charge in [-0.3, -0.25) is 4.79 Å². The smallest absolute Gasteiger partial charge is 0.308 e. The van der Waals surface area contributed by atoms with Crippen LogP contribution in [0, 0.1) is 3.57 Å². The van der Waals surface area contributed by atoms with E-state index in [1.54, 1.807) is 0 Å². The van der Waals surface area contributed by atoms with Crippen LogP contribution < -0.4 is 4.74 Å². The molecule has 0 spiro atoms. The van der Waals surface area contributed by atoms with Crippen LogP contribution in [-0.2, 0) is 10.2 Å². The summed E-state index contributed by atoms with van der Waals surface area (Å²) in [7, 11) is 0. The summed E-state index contributed by atoms with van der Waals surface area (Å²) in [4.78, 5) is 10.8. The molecule has 0 amide bonds. The molecule has 0 saturated carbocycles. The highest BCUT2D eigenvalue weighted by Gasteiger charge is 2.15. The molecule has 15 heavy (non-hydrogen) atoms. The molecule has 0 aliphatic carbocycles. The molecule has 2 nitrogen and oxygen atoms in total. The number of halogens is 1. The second kappa shape index (κ2) is 4.51. The number of hydrogen-bond donors (Lipinski definition) is 0. The number of ether oxygens (including phenoxy) is 1. The zero-order valence-electron chi connectivity index (χ0n) is 9.43. The zero-order valence-corrected chi connectivity index (χ0v) is 11.6. The van der Waals surface area contributed by atoms with Gasteiger partial charge in [0.1, 0.15) is 5.75 Å². The topological polar surface area (TPSA) is 26.3 Å². The van der Waals surface area contributed by atoms with Gasteiger partial charge in [0.05, 0.1) is 3.57 Å². The summed E-state index contributed by atoms with van der Waals surface area (Å²) in [5, 5.41) is 0. The van der Waals surface area contributed by atoms with Crippen molar-refractivity contribution in [2.24, 2.45) is 0 Å². The minimum absolute atomic E-state index is 0.120. The molecule has 0 saturated heterocycles. The number of benzene rings is 1. The molecule has 0 N–H and O–H groups in total. The van der Waals surface area contributed by atoms with Crippen LogP contribution in [0.15, 0.2) is 18.2 Å². The molecule has 82 valence electrons. The Morgan fingerprint density at radius 2 is 1.93 bits per heavy atom. The lowest BCUT2D eigenvalue weighted by atomic mass is 9.87. The van der Waals surface area contributed by atoms with E-state index in [0.29, 0.717) is 5.75 Å². The first kappa shape index (κ1) is 12.5. The number of hydrogen-bond acceptors (Lipinski definition) is 2. The molecule has 0 aliphatic rings. The highest BCUT2D eigenvalue weighted by Crippen LogP contribution is 2.28. The summed E-state index contributed by atoms with van der Waals surface area (Å²) < 4.78 is 6.03. The van der Waals surface area contributed by atoms with E-state index in [0.717, 1.165) is 3.57 Å². The third kappa shape index (κ3) is 3.48. The number of carbonyl (C=O) groups is 1. The first-order valence-corrected chi connectivity index (χ1v) is 5.87. The van der Waals surface area contributed by atoms with E-state index in [9.17, 15) is 4.79 Å². The molecular formula is C12H15IO2. The minimum atomic E-state index is -0.281. The first-order chi connectivity index (χ1) is 6.80. The second-order valence-electron chi connectivity index (χ2n) is 4.49. The average molecular weight is 318 g/mol. The Labute approximate surface area is 104 Å². The maximum Gasteiger partial charge on any atom is 0.308 e. The molecule has 0 aliphatic heterocycles. The summed E-state index contributed by atoms with van der Waals surface area (Å²) in [5.74, 6) is 0.354. The molecule has 0 aromatic heterocycles. The summed E-state index contributed by atoms with van der Waals surface area (Å²) in [6, 6.07) is 5.91. The van der Waals surface area contributed by atoms with Crippen molar-refractivity contribution in [2.45, 2.75) is 33.1 Å². The van der Waals surface area contributed by atoms with Crippen LogP contribution in [0.5, 0.6) is 5.75 Å². The van der Waals surface area contributed by atoms with Gasteiger partial charge in [-0.05, 0) is 45.7 Å². The maximum absolute atomic E-state index is 10.8. The van der Waals surface area contributed by atoms with Crippen LogP contribution in [0.2, 0.25) is 0 Å². The molecule has 3 heteroatoms. The van der Waals surface area contributed by atoms with Crippen LogP contribution in [0.1, 0.15) is 33.3 Å². The van der Waals surface area contributed by atoms with Crippen molar-refractivity contribution < 1.29 is 9.53 Å². The Kier molecular flexibility index (Phi) is 3.76. The van der Waals surface area contributed by atoms with Crippen molar-refractivity contribution in [1.82, 2.24) is 0 Å². The fraction of sp³-hybridized carbons (Fsp3) is 0.417. The molecule has 0 bridgehead atoms. The minimum Gasteiger partial charge on any atom is -0.426 e. The van der Waals surface area contributed by atoms with Crippen LogP contribution in [0.3, 0.4) is 0 Å². The van der Waals surface area contributed by atoms with Crippen molar-refractivity contribution in [1.29, 1.82) is 0 Å².